The predicted molar refractivity (Wildman–Crippen MR) is 97.7 cm³/mol. The first-order chi connectivity index (χ1) is 11.1. The molecule has 2 N–H and O–H groups in total. The molecule has 1 aliphatic heterocycles. The lowest BCUT2D eigenvalue weighted by atomic mass is 9.90. The fourth-order valence-corrected chi connectivity index (χ4v) is 3.32. The first-order valence-corrected chi connectivity index (χ1v) is 8.23. The van der Waals surface area contributed by atoms with Crippen LogP contribution in [0, 0.1) is 5.92 Å². The van der Waals surface area contributed by atoms with E-state index >= 15 is 0 Å². The smallest absolute Gasteiger partial charge is 0.225 e. The van der Waals surface area contributed by atoms with E-state index in [1.807, 2.05) is 43.7 Å². The maximum absolute atomic E-state index is 12.5. The van der Waals surface area contributed by atoms with E-state index in [4.69, 9.17) is 11.6 Å². The van der Waals surface area contributed by atoms with Gasteiger partial charge in [0.05, 0.1) is 12.1 Å². The fourth-order valence-electron chi connectivity index (χ4n) is 3.09. The van der Waals surface area contributed by atoms with Crippen molar-refractivity contribution in [2.24, 2.45) is 13.0 Å². The van der Waals surface area contributed by atoms with Crippen molar-refractivity contribution in [3.8, 4) is 0 Å². The minimum Gasteiger partial charge on any atom is -0.355 e. The second-order valence-electron chi connectivity index (χ2n) is 5.95. The highest BCUT2D eigenvalue weighted by molar-refractivity contribution is 6.31. The average molecular weight is 369 g/mol. The van der Waals surface area contributed by atoms with Gasteiger partial charge in [-0.1, -0.05) is 29.8 Å². The number of carbonyl (C=O) groups is 1. The number of aryl methyl sites for hydroxylation is 1. The molecule has 0 aliphatic carbocycles. The lowest BCUT2D eigenvalue weighted by Gasteiger charge is -2.17. The Morgan fingerprint density at radius 2 is 2.21 bits per heavy atom. The second kappa shape index (κ2) is 8.51. The molecule has 2 atom stereocenters. The Bertz CT molecular complexity index is 689. The number of carbonyl (C=O) groups excluding carboxylic acids is 1. The maximum atomic E-state index is 12.5. The van der Waals surface area contributed by atoms with Gasteiger partial charge in [-0.2, -0.15) is 5.10 Å². The van der Waals surface area contributed by atoms with Crippen LogP contribution in [0.25, 0.3) is 0 Å². The monoisotopic (exact) mass is 368 g/mol. The van der Waals surface area contributed by atoms with Gasteiger partial charge in [-0.15, -0.1) is 12.4 Å². The summed E-state index contributed by atoms with van der Waals surface area (Å²) in [4.78, 5) is 12.5. The van der Waals surface area contributed by atoms with Gasteiger partial charge < -0.3 is 10.6 Å². The minimum absolute atomic E-state index is 0. The summed E-state index contributed by atoms with van der Waals surface area (Å²) < 4.78 is 1.78. The molecule has 0 saturated carbocycles. The highest BCUT2D eigenvalue weighted by atomic mass is 35.5. The van der Waals surface area contributed by atoms with Crippen LogP contribution >= 0.6 is 24.0 Å². The lowest BCUT2D eigenvalue weighted by molar-refractivity contribution is -0.124. The molecule has 0 bridgehead atoms. The van der Waals surface area contributed by atoms with Crippen molar-refractivity contribution in [2.45, 2.75) is 12.3 Å². The van der Waals surface area contributed by atoms with Crippen molar-refractivity contribution in [1.82, 2.24) is 20.4 Å². The molecule has 2 aromatic rings. The highest BCUT2D eigenvalue weighted by Gasteiger charge is 2.34. The van der Waals surface area contributed by atoms with E-state index in [0.717, 1.165) is 29.1 Å². The number of halogens is 2. The zero-order valence-electron chi connectivity index (χ0n) is 13.5. The number of amides is 1. The molecule has 1 amide bonds. The number of hydrogen-bond acceptors (Lipinski definition) is 3. The highest BCUT2D eigenvalue weighted by Crippen LogP contribution is 2.27. The third-order valence-electron chi connectivity index (χ3n) is 4.36. The molecule has 0 spiro atoms. The van der Waals surface area contributed by atoms with Gasteiger partial charge in [0.2, 0.25) is 5.91 Å². The van der Waals surface area contributed by atoms with Crippen LogP contribution in [0.5, 0.6) is 0 Å². The van der Waals surface area contributed by atoms with Crippen molar-refractivity contribution in [1.29, 1.82) is 0 Å². The zero-order valence-corrected chi connectivity index (χ0v) is 15.1. The molecule has 1 aromatic carbocycles. The van der Waals surface area contributed by atoms with Crippen LogP contribution in [0.1, 0.15) is 17.0 Å². The number of nitrogens with one attached hydrogen (secondary N) is 2. The zero-order chi connectivity index (χ0) is 16.2. The normalized spacial score (nSPS) is 19.8. The van der Waals surface area contributed by atoms with E-state index in [0.29, 0.717) is 13.1 Å². The Morgan fingerprint density at radius 3 is 2.92 bits per heavy atom. The standard InChI is InChI=1S/C17H21ClN4O.ClH/c1-22-11-13(8-21-22)14-9-19-10-15(14)17(23)20-7-6-12-4-2-3-5-16(12)18;/h2-5,8,11,14-15,19H,6-7,9-10H2,1H3,(H,20,23);1H/t14-,15+;/m1./s1. The molecular formula is C17H22Cl2N4O. The van der Waals surface area contributed by atoms with Gasteiger partial charge in [-0.05, 0) is 23.6 Å². The summed E-state index contributed by atoms with van der Waals surface area (Å²) in [6.45, 7) is 2.12. The van der Waals surface area contributed by atoms with Gasteiger partial charge in [-0.25, -0.2) is 0 Å². The van der Waals surface area contributed by atoms with Crippen LogP contribution in [0.15, 0.2) is 36.7 Å². The molecule has 1 aromatic heterocycles. The number of rotatable bonds is 5. The van der Waals surface area contributed by atoms with Crippen molar-refractivity contribution in [3.05, 3.63) is 52.8 Å². The summed E-state index contributed by atoms with van der Waals surface area (Å²) in [5.41, 5.74) is 2.17. The Morgan fingerprint density at radius 1 is 1.42 bits per heavy atom. The molecule has 1 saturated heterocycles. The molecular weight excluding hydrogens is 347 g/mol. The van der Waals surface area contributed by atoms with Gasteiger partial charge in [0.1, 0.15) is 0 Å². The third-order valence-corrected chi connectivity index (χ3v) is 4.72. The average Bonchev–Trinajstić information content (AvgIpc) is 3.17. The molecule has 1 fully saturated rings. The Balaban J connectivity index is 0.00000208. The molecule has 7 heteroatoms. The van der Waals surface area contributed by atoms with Crippen LogP contribution in [-0.4, -0.2) is 35.3 Å². The van der Waals surface area contributed by atoms with Gasteiger partial charge in [-0.3, -0.25) is 9.48 Å². The lowest BCUT2D eigenvalue weighted by Crippen LogP contribution is -2.35. The molecule has 1 aliphatic rings. The summed E-state index contributed by atoms with van der Waals surface area (Å²) >= 11 is 6.14. The van der Waals surface area contributed by atoms with E-state index in [1.165, 1.54) is 0 Å². The van der Waals surface area contributed by atoms with Crippen molar-refractivity contribution in [3.63, 3.8) is 0 Å². The summed E-state index contributed by atoms with van der Waals surface area (Å²) in [5.74, 6) is 0.227. The first kappa shape index (κ1) is 18.8. The SMILES string of the molecule is Cl.Cn1cc([C@H]2CNC[C@@H]2C(=O)NCCc2ccccc2Cl)cn1. The molecule has 2 heterocycles. The molecule has 3 rings (SSSR count). The van der Waals surface area contributed by atoms with Crippen molar-refractivity contribution >= 4 is 29.9 Å². The molecule has 5 nitrogen and oxygen atoms in total. The van der Waals surface area contributed by atoms with E-state index in [1.54, 1.807) is 4.68 Å². The Hall–Kier alpha value is -1.56. The molecule has 0 radical (unpaired) electrons. The second-order valence-corrected chi connectivity index (χ2v) is 6.36. The van der Waals surface area contributed by atoms with E-state index in [2.05, 4.69) is 15.7 Å². The summed E-state index contributed by atoms with van der Waals surface area (Å²) in [6, 6.07) is 7.73. The van der Waals surface area contributed by atoms with E-state index in [9.17, 15) is 4.79 Å². The van der Waals surface area contributed by atoms with Crippen LogP contribution in [0.2, 0.25) is 5.02 Å². The van der Waals surface area contributed by atoms with Crippen LogP contribution in [-0.2, 0) is 18.3 Å². The fraction of sp³-hybridized carbons (Fsp3) is 0.412. The molecule has 24 heavy (non-hydrogen) atoms. The topological polar surface area (TPSA) is 59.0 Å². The van der Waals surface area contributed by atoms with Crippen molar-refractivity contribution < 1.29 is 4.79 Å². The number of nitrogens with zero attached hydrogens (tertiary/aromatic N) is 2. The number of hydrogen-bond donors (Lipinski definition) is 2. The van der Waals surface area contributed by atoms with Gasteiger partial charge >= 0.3 is 0 Å². The Kier molecular flexibility index (Phi) is 6.66. The number of benzene rings is 1. The summed E-state index contributed by atoms with van der Waals surface area (Å²) in [7, 11) is 1.89. The first-order valence-electron chi connectivity index (χ1n) is 7.85. The quantitative estimate of drug-likeness (QED) is 0.849. The summed E-state index contributed by atoms with van der Waals surface area (Å²) in [5, 5.41) is 11.3. The van der Waals surface area contributed by atoms with Crippen molar-refractivity contribution in [2.75, 3.05) is 19.6 Å². The minimum atomic E-state index is -0.0505. The van der Waals surface area contributed by atoms with Gasteiger partial charge in [0.15, 0.2) is 0 Å². The Labute approximate surface area is 153 Å². The third kappa shape index (κ3) is 4.29. The van der Waals surface area contributed by atoms with Crippen LogP contribution in [0.3, 0.4) is 0 Å². The maximum Gasteiger partial charge on any atom is 0.225 e. The van der Waals surface area contributed by atoms with E-state index in [-0.39, 0.29) is 30.2 Å². The number of aromatic nitrogens is 2. The van der Waals surface area contributed by atoms with E-state index < -0.39 is 0 Å². The predicted octanol–water partition coefficient (Wildman–Crippen LogP) is 2.16. The molecule has 130 valence electrons. The van der Waals surface area contributed by atoms with Gasteiger partial charge in [0, 0.05) is 43.8 Å². The van der Waals surface area contributed by atoms with Crippen LogP contribution in [0.4, 0.5) is 0 Å². The van der Waals surface area contributed by atoms with Crippen LogP contribution < -0.4 is 10.6 Å². The van der Waals surface area contributed by atoms with Gasteiger partial charge in [0.25, 0.3) is 0 Å². The summed E-state index contributed by atoms with van der Waals surface area (Å²) in [6.07, 6.45) is 4.58. The largest absolute Gasteiger partial charge is 0.355 e. The molecule has 0 unspecified atom stereocenters.